The summed E-state index contributed by atoms with van der Waals surface area (Å²) in [5.74, 6) is 0.103. The molecular weight excluding hydrogens is 168 g/mol. The van der Waals surface area contributed by atoms with Crippen molar-refractivity contribution in [3.8, 4) is 0 Å². The predicted octanol–water partition coefficient (Wildman–Crippen LogP) is 0.832. The van der Waals surface area contributed by atoms with Crippen LogP contribution in [0.15, 0.2) is 12.2 Å². The molecule has 0 radical (unpaired) electrons. The van der Waals surface area contributed by atoms with Crippen LogP contribution in [0.2, 0.25) is 0 Å². The fraction of sp³-hybridized carbons (Fsp3) is 0.700. The number of ether oxygens (including phenoxy) is 2. The van der Waals surface area contributed by atoms with E-state index in [9.17, 15) is 4.79 Å². The number of fused-ring (bicyclic) bond motifs is 1. The van der Waals surface area contributed by atoms with Crippen molar-refractivity contribution in [2.45, 2.75) is 37.1 Å². The maximum absolute atomic E-state index is 11.7. The summed E-state index contributed by atoms with van der Waals surface area (Å²) < 4.78 is 11.3. The molecule has 3 aliphatic heterocycles. The maximum Gasteiger partial charge on any atom is 0.189 e. The van der Waals surface area contributed by atoms with Gasteiger partial charge in [0.15, 0.2) is 11.4 Å². The Balaban J connectivity index is 2.03. The van der Waals surface area contributed by atoms with E-state index >= 15 is 0 Å². The molecule has 0 amide bonds. The zero-order valence-electron chi connectivity index (χ0n) is 7.36. The monoisotopic (exact) mass is 180 g/mol. The lowest BCUT2D eigenvalue weighted by Crippen LogP contribution is -2.51. The van der Waals surface area contributed by atoms with Crippen LogP contribution in [0.3, 0.4) is 0 Å². The first-order valence-corrected chi connectivity index (χ1v) is 4.83. The standard InChI is InChI=1S/C10H12O3/c11-8-3-2-7-6-9-10(8,13-7)4-1-5-12-9/h2-3,7,9H,1,4-6H2/t7-,9+,10+/m0/s1. The first kappa shape index (κ1) is 7.71. The smallest absolute Gasteiger partial charge is 0.189 e. The van der Waals surface area contributed by atoms with Crippen molar-refractivity contribution in [2.75, 3.05) is 6.61 Å². The summed E-state index contributed by atoms with van der Waals surface area (Å²) in [6.45, 7) is 0.774. The van der Waals surface area contributed by atoms with E-state index in [2.05, 4.69) is 0 Å². The Morgan fingerprint density at radius 3 is 3.38 bits per heavy atom. The second kappa shape index (κ2) is 2.42. The van der Waals surface area contributed by atoms with Gasteiger partial charge in [-0.3, -0.25) is 4.79 Å². The van der Waals surface area contributed by atoms with Crippen molar-refractivity contribution in [1.82, 2.24) is 0 Å². The van der Waals surface area contributed by atoms with Crippen molar-refractivity contribution < 1.29 is 14.3 Å². The van der Waals surface area contributed by atoms with Gasteiger partial charge in [-0.1, -0.05) is 6.08 Å². The summed E-state index contributed by atoms with van der Waals surface area (Å²) in [6, 6.07) is 0. The zero-order chi connectivity index (χ0) is 8.89. The number of hydrogen-bond acceptors (Lipinski definition) is 3. The van der Waals surface area contributed by atoms with Crippen molar-refractivity contribution in [3.63, 3.8) is 0 Å². The van der Waals surface area contributed by atoms with Crippen LogP contribution in [0.1, 0.15) is 19.3 Å². The molecule has 3 heteroatoms. The molecule has 3 heterocycles. The van der Waals surface area contributed by atoms with E-state index in [-0.39, 0.29) is 18.0 Å². The van der Waals surface area contributed by atoms with Crippen LogP contribution >= 0.6 is 0 Å². The lowest BCUT2D eigenvalue weighted by molar-refractivity contribution is -0.162. The van der Waals surface area contributed by atoms with Crippen LogP contribution in [0.25, 0.3) is 0 Å². The molecule has 1 spiro atoms. The molecule has 0 N–H and O–H groups in total. The molecule has 3 aliphatic rings. The largest absolute Gasteiger partial charge is 0.375 e. The van der Waals surface area contributed by atoms with Crippen LogP contribution in [-0.2, 0) is 14.3 Å². The van der Waals surface area contributed by atoms with Gasteiger partial charge in [0, 0.05) is 13.0 Å². The first-order chi connectivity index (χ1) is 6.31. The minimum absolute atomic E-state index is 0.00810. The van der Waals surface area contributed by atoms with Gasteiger partial charge >= 0.3 is 0 Å². The first-order valence-electron chi connectivity index (χ1n) is 4.83. The molecule has 0 aromatic carbocycles. The molecule has 13 heavy (non-hydrogen) atoms. The fourth-order valence-corrected chi connectivity index (χ4v) is 2.57. The number of carbonyl (C=O) groups is 1. The topological polar surface area (TPSA) is 35.5 Å². The van der Waals surface area contributed by atoms with Crippen molar-refractivity contribution in [3.05, 3.63) is 12.2 Å². The third-order valence-corrected chi connectivity index (χ3v) is 3.22. The van der Waals surface area contributed by atoms with Gasteiger partial charge < -0.3 is 9.47 Å². The summed E-state index contributed by atoms with van der Waals surface area (Å²) in [7, 11) is 0. The Morgan fingerprint density at radius 2 is 2.46 bits per heavy atom. The van der Waals surface area contributed by atoms with Gasteiger partial charge in [0.2, 0.25) is 0 Å². The van der Waals surface area contributed by atoms with E-state index in [0.717, 1.165) is 25.9 Å². The molecule has 2 saturated heterocycles. The number of rotatable bonds is 0. The summed E-state index contributed by atoms with van der Waals surface area (Å²) >= 11 is 0. The molecule has 3 nitrogen and oxygen atoms in total. The normalized spacial score (nSPS) is 47.8. The van der Waals surface area contributed by atoms with Crippen LogP contribution < -0.4 is 0 Å². The molecule has 0 aromatic rings. The maximum atomic E-state index is 11.7. The third kappa shape index (κ3) is 0.888. The summed E-state index contributed by atoms with van der Waals surface area (Å²) in [6.07, 6.45) is 6.26. The van der Waals surface area contributed by atoms with E-state index in [1.165, 1.54) is 0 Å². The van der Waals surface area contributed by atoms with Crippen LogP contribution in [0, 0.1) is 0 Å². The van der Waals surface area contributed by atoms with E-state index in [1.807, 2.05) is 6.08 Å². The second-order valence-corrected chi connectivity index (χ2v) is 3.97. The van der Waals surface area contributed by atoms with Crippen molar-refractivity contribution in [1.29, 1.82) is 0 Å². The van der Waals surface area contributed by atoms with Gasteiger partial charge in [0.1, 0.15) is 0 Å². The highest BCUT2D eigenvalue weighted by Gasteiger charge is 2.56. The lowest BCUT2D eigenvalue weighted by atomic mass is 9.86. The van der Waals surface area contributed by atoms with E-state index in [4.69, 9.17) is 9.47 Å². The SMILES string of the molecule is O=C1C=C[C@H]2C[C@H]3OCCC[C@@]13O2. The van der Waals surface area contributed by atoms with E-state index < -0.39 is 5.60 Å². The Bertz CT molecular complexity index is 284. The van der Waals surface area contributed by atoms with Gasteiger partial charge in [-0.15, -0.1) is 0 Å². The van der Waals surface area contributed by atoms with Crippen LogP contribution in [-0.4, -0.2) is 30.2 Å². The molecule has 0 saturated carbocycles. The highest BCUT2D eigenvalue weighted by molar-refractivity contribution is 5.99. The van der Waals surface area contributed by atoms with Crippen molar-refractivity contribution >= 4 is 5.78 Å². The van der Waals surface area contributed by atoms with Crippen LogP contribution in [0.4, 0.5) is 0 Å². The number of carbonyl (C=O) groups excluding carboxylic acids is 1. The average molecular weight is 180 g/mol. The van der Waals surface area contributed by atoms with Gasteiger partial charge in [-0.05, 0) is 18.9 Å². The molecule has 0 unspecified atom stereocenters. The molecular formula is C10H12O3. The third-order valence-electron chi connectivity index (χ3n) is 3.22. The van der Waals surface area contributed by atoms with E-state index in [1.54, 1.807) is 6.08 Å². The van der Waals surface area contributed by atoms with Gasteiger partial charge in [0.05, 0.1) is 12.2 Å². The molecule has 3 rings (SSSR count). The molecule has 2 fully saturated rings. The highest BCUT2D eigenvalue weighted by atomic mass is 16.6. The molecule has 70 valence electrons. The Labute approximate surface area is 76.7 Å². The lowest BCUT2D eigenvalue weighted by Gasteiger charge is -2.36. The molecule has 3 atom stereocenters. The Morgan fingerprint density at radius 1 is 1.54 bits per heavy atom. The average Bonchev–Trinajstić information content (AvgIpc) is 2.47. The number of hydrogen-bond donors (Lipinski definition) is 0. The molecule has 0 aromatic heterocycles. The predicted molar refractivity (Wildman–Crippen MR) is 45.3 cm³/mol. The Kier molecular flexibility index (Phi) is 1.44. The summed E-state index contributed by atoms with van der Waals surface area (Å²) in [4.78, 5) is 11.7. The van der Waals surface area contributed by atoms with Gasteiger partial charge in [-0.25, -0.2) is 0 Å². The minimum Gasteiger partial charge on any atom is -0.375 e. The fourth-order valence-electron chi connectivity index (χ4n) is 2.57. The quantitative estimate of drug-likeness (QED) is 0.554. The van der Waals surface area contributed by atoms with Crippen molar-refractivity contribution in [2.24, 2.45) is 0 Å². The van der Waals surface area contributed by atoms with E-state index in [0.29, 0.717) is 0 Å². The number of ketones is 1. The molecule has 2 bridgehead atoms. The minimum atomic E-state index is -0.600. The second-order valence-electron chi connectivity index (χ2n) is 3.97. The zero-order valence-corrected chi connectivity index (χ0v) is 7.36. The molecule has 0 aliphatic carbocycles. The van der Waals surface area contributed by atoms with Gasteiger partial charge in [0.25, 0.3) is 0 Å². The van der Waals surface area contributed by atoms with Gasteiger partial charge in [-0.2, -0.15) is 0 Å². The summed E-state index contributed by atoms with van der Waals surface area (Å²) in [5, 5.41) is 0. The van der Waals surface area contributed by atoms with Crippen LogP contribution in [0.5, 0.6) is 0 Å². The highest BCUT2D eigenvalue weighted by Crippen LogP contribution is 2.43. The summed E-state index contributed by atoms with van der Waals surface area (Å²) in [5.41, 5.74) is -0.600. The Hall–Kier alpha value is -0.670.